The molecule has 124 valence electrons. The second-order valence-corrected chi connectivity index (χ2v) is 6.18. The molecule has 0 saturated carbocycles. The molecule has 0 aliphatic carbocycles. The van der Waals surface area contributed by atoms with Crippen molar-refractivity contribution >= 4 is 0 Å². The van der Waals surface area contributed by atoms with E-state index in [1.807, 2.05) is 24.4 Å². The van der Waals surface area contributed by atoms with Crippen LogP contribution >= 0.6 is 0 Å². The Hall–Kier alpha value is -2.42. The largest absolute Gasteiger partial charge is 0.377 e. The standard InChI is InChI=1S/C19H22N4O/c1-2-8-24-15-18-12-22(14-19-6-7-21-23(19)13-18)11-17-5-3-4-16(9-17)10-20/h2-7,9,18H,1,8,11-15H2. The van der Waals surface area contributed by atoms with E-state index in [0.717, 1.165) is 31.7 Å². The van der Waals surface area contributed by atoms with E-state index in [2.05, 4.69) is 39.5 Å². The zero-order chi connectivity index (χ0) is 16.8. The average Bonchev–Trinajstić information content (AvgIpc) is 2.95. The van der Waals surface area contributed by atoms with Crippen molar-refractivity contribution in [1.82, 2.24) is 14.7 Å². The fraction of sp³-hybridized carbons (Fsp3) is 0.368. The number of hydrogen-bond donors (Lipinski definition) is 0. The fourth-order valence-corrected chi connectivity index (χ4v) is 3.16. The molecule has 0 N–H and O–H groups in total. The van der Waals surface area contributed by atoms with Gasteiger partial charge in [-0.15, -0.1) is 6.58 Å². The third-order valence-corrected chi connectivity index (χ3v) is 4.19. The van der Waals surface area contributed by atoms with Gasteiger partial charge in [-0.1, -0.05) is 18.2 Å². The summed E-state index contributed by atoms with van der Waals surface area (Å²) < 4.78 is 7.75. The number of nitriles is 1. The molecule has 0 amide bonds. The van der Waals surface area contributed by atoms with Gasteiger partial charge in [-0.25, -0.2) is 0 Å². The van der Waals surface area contributed by atoms with Crippen molar-refractivity contribution in [2.45, 2.75) is 19.6 Å². The minimum Gasteiger partial charge on any atom is -0.377 e. The van der Waals surface area contributed by atoms with Gasteiger partial charge in [0.25, 0.3) is 0 Å². The number of benzene rings is 1. The van der Waals surface area contributed by atoms with Crippen LogP contribution in [0.25, 0.3) is 0 Å². The molecular weight excluding hydrogens is 300 g/mol. The molecule has 1 aliphatic heterocycles. The Balaban J connectivity index is 1.73. The van der Waals surface area contributed by atoms with Gasteiger partial charge in [-0.3, -0.25) is 9.58 Å². The zero-order valence-electron chi connectivity index (χ0n) is 13.8. The van der Waals surface area contributed by atoms with Crippen molar-refractivity contribution in [3.63, 3.8) is 0 Å². The van der Waals surface area contributed by atoms with Gasteiger partial charge in [0.2, 0.25) is 0 Å². The van der Waals surface area contributed by atoms with Gasteiger partial charge >= 0.3 is 0 Å². The second-order valence-electron chi connectivity index (χ2n) is 6.18. The molecular formula is C19H22N4O. The molecule has 5 heteroatoms. The van der Waals surface area contributed by atoms with Crippen LogP contribution in [-0.2, 0) is 24.4 Å². The molecule has 1 unspecified atom stereocenters. The number of hydrogen-bond acceptors (Lipinski definition) is 4. The molecule has 5 nitrogen and oxygen atoms in total. The number of ether oxygens (including phenoxy) is 1. The highest BCUT2D eigenvalue weighted by Crippen LogP contribution is 2.19. The molecule has 1 atom stereocenters. The summed E-state index contributed by atoms with van der Waals surface area (Å²) in [4.78, 5) is 2.40. The normalized spacial score (nSPS) is 17.7. The molecule has 1 aromatic carbocycles. The van der Waals surface area contributed by atoms with Crippen LogP contribution in [0.15, 0.2) is 49.2 Å². The van der Waals surface area contributed by atoms with E-state index in [9.17, 15) is 0 Å². The number of fused-ring (bicyclic) bond motifs is 1. The van der Waals surface area contributed by atoms with Crippen molar-refractivity contribution in [2.24, 2.45) is 5.92 Å². The molecule has 1 aliphatic rings. The fourth-order valence-electron chi connectivity index (χ4n) is 3.16. The quantitative estimate of drug-likeness (QED) is 0.606. The summed E-state index contributed by atoms with van der Waals surface area (Å²) in [5.41, 5.74) is 3.09. The van der Waals surface area contributed by atoms with Crippen LogP contribution in [0.1, 0.15) is 16.8 Å². The van der Waals surface area contributed by atoms with E-state index >= 15 is 0 Å². The van der Waals surface area contributed by atoms with E-state index in [4.69, 9.17) is 10.00 Å². The summed E-state index contributed by atoms with van der Waals surface area (Å²) in [6.07, 6.45) is 3.64. The van der Waals surface area contributed by atoms with Gasteiger partial charge < -0.3 is 4.74 Å². The molecule has 0 spiro atoms. The van der Waals surface area contributed by atoms with Crippen LogP contribution < -0.4 is 0 Å². The molecule has 3 rings (SSSR count). The molecule has 2 heterocycles. The Labute approximate surface area is 142 Å². The van der Waals surface area contributed by atoms with Gasteiger partial charge in [-0.2, -0.15) is 10.4 Å². The molecule has 0 radical (unpaired) electrons. The van der Waals surface area contributed by atoms with Crippen molar-refractivity contribution in [1.29, 1.82) is 5.26 Å². The van der Waals surface area contributed by atoms with Crippen molar-refractivity contribution in [3.05, 3.63) is 66.0 Å². The number of nitrogens with zero attached hydrogens (tertiary/aromatic N) is 4. The van der Waals surface area contributed by atoms with Gasteiger partial charge in [0.15, 0.2) is 0 Å². The Morgan fingerprint density at radius 1 is 1.38 bits per heavy atom. The number of aromatic nitrogens is 2. The van der Waals surface area contributed by atoms with Crippen LogP contribution in [0.3, 0.4) is 0 Å². The van der Waals surface area contributed by atoms with Gasteiger partial charge in [0.1, 0.15) is 0 Å². The molecule has 0 bridgehead atoms. The predicted molar refractivity (Wildman–Crippen MR) is 92.0 cm³/mol. The van der Waals surface area contributed by atoms with E-state index in [1.165, 1.54) is 5.69 Å². The van der Waals surface area contributed by atoms with Gasteiger partial charge in [0.05, 0.1) is 30.5 Å². The lowest BCUT2D eigenvalue weighted by Crippen LogP contribution is -2.30. The van der Waals surface area contributed by atoms with Crippen LogP contribution in [0.5, 0.6) is 0 Å². The van der Waals surface area contributed by atoms with Crippen molar-refractivity contribution in [3.8, 4) is 6.07 Å². The van der Waals surface area contributed by atoms with Crippen LogP contribution in [0, 0.1) is 17.2 Å². The Bertz CT molecular complexity index is 731. The zero-order valence-corrected chi connectivity index (χ0v) is 13.8. The van der Waals surface area contributed by atoms with E-state index < -0.39 is 0 Å². The summed E-state index contributed by atoms with van der Waals surface area (Å²) in [6, 6.07) is 12.1. The Morgan fingerprint density at radius 2 is 2.29 bits per heavy atom. The Morgan fingerprint density at radius 3 is 3.12 bits per heavy atom. The monoisotopic (exact) mass is 322 g/mol. The summed E-state index contributed by atoms with van der Waals surface area (Å²) in [5, 5.41) is 13.5. The van der Waals surface area contributed by atoms with Crippen LogP contribution in [-0.4, -0.2) is 34.4 Å². The maximum atomic E-state index is 9.08. The van der Waals surface area contributed by atoms with Crippen LogP contribution in [0.4, 0.5) is 0 Å². The molecule has 0 fully saturated rings. The minimum atomic E-state index is 0.380. The lowest BCUT2D eigenvalue weighted by molar-refractivity contribution is 0.0932. The van der Waals surface area contributed by atoms with E-state index in [-0.39, 0.29) is 0 Å². The lowest BCUT2D eigenvalue weighted by atomic mass is 10.1. The first-order valence-electron chi connectivity index (χ1n) is 8.19. The maximum Gasteiger partial charge on any atom is 0.0991 e. The van der Waals surface area contributed by atoms with Gasteiger partial charge in [-0.05, 0) is 23.8 Å². The predicted octanol–water partition coefficient (Wildman–Crippen LogP) is 2.59. The summed E-state index contributed by atoms with van der Waals surface area (Å²) in [7, 11) is 0. The summed E-state index contributed by atoms with van der Waals surface area (Å²) in [5.74, 6) is 0.380. The third-order valence-electron chi connectivity index (χ3n) is 4.19. The first-order valence-corrected chi connectivity index (χ1v) is 8.19. The molecule has 1 aromatic heterocycles. The minimum absolute atomic E-state index is 0.380. The second kappa shape index (κ2) is 7.91. The average molecular weight is 322 g/mol. The van der Waals surface area contributed by atoms with E-state index in [0.29, 0.717) is 24.7 Å². The van der Waals surface area contributed by atoms with Crippen molar-refractivity contribution in [2.75, 3.05) is 19.8 Å². The highest BCUT2D eigenvalue weighted by molar-refractivity contribution is 5.32. The topological polar surface area (TPSA) is 54.1 Å². The molecule has 0 saturated heterocycles. The summed E-state index contributed by atoms with van der Waals surface area (Å²) in [6.45, 7) is 8.45. The first kappa shape index (κ1) is 16.4. The van der Waals surface area contributed by atoms with Crippen molar-refractivity contribution < 1.29 is 4.74 Å². The van der Waals surface area contributed by atoms with E-state index in [1.54, 1.807) is 6.08 Å². The third kappa shape index (κ3) is 4.10. The SMILES string of the molecule is C=CCOCC1CN(Cc2cccc(C#N)c2)Cc2ccnn2C1. The smallest absolute Gasteiger partial charge is 0.0991 e. The lowest BCUT2D eigenvalue weighted by Gasteiger charge is -2.23. The maximum absolute atomic E-state index is 9.08. The molecule has 24 heavy (non-hydrogen) atoms. The van der Waals surface area contributed by atoms with Crippen LogP contribution in [0.2, 0.25) is 0 Å². The summed E-state index contributed by atoms with van der Waals surface area (Å²) >= 11 is 0. The number of rotatable bonds is 6. The highest BCUT2D eigenvalue weighted by Gasteiger charge is 2.22. The first-order chi connectivity index (χ1) is 11.8. The Kier molecular flexibility index (Phi) is 5.42. The van der Waals surface area contributed by atoms with Gasteiger partial charge in [0, 0.05) is 38.3 Å². The highest BCUT2D eigenvalue weighted by atomic mass is 16.5. The molecule has 2 aromatic rings.